The molecule has 1 N–H and O–H groups in total. The summed E-state index contributed by atoms with van der Waals surface area (Å²) in [5.41, 5.74) is 1.65. The molecule has 1 amide bonds. The molecule has 4 aromatic rings. The number of fused-ring (bicyclic) bond motifs is 1. The lowest BCUT2D eigenvalue weighted by molar-refractivity contribution is -0.121. The molecule has 0 radical (unpaired) electrons. The number of rotatable bonds is 5. The van der Waals surface area contributed by atoms with E-state index >= 15 is 0 Å². The molecule has 0 spiro atoms. The molecule has 11 heteroatoms. The topological polar surface area (TPSA) is 101 Å². The van der Waals surface area contributed by atoms with E-state index in [1.807, 2.05) is 0 Å². The molecular formula is C23H19ClN4O4S2. The third-order valence-corrected chi connectivity index (χ3v) is 8.83. The summed E-state index contributed by atoms with van der Waals surface area (Å²) in [6, 6.07) is 15.8. The average Bonchev–Trinajstić information content (AvgIpc) is 3.25. The van der Waals surface area contributed by atoms with Crippen molar-refractivity contribution in [1.82, 2.24) is 14.3 Å². The van der Waals surface area contributed by atoms with E-state index in [0.29, 0.717) is 41.0 Å². The largest absolute Gasteiger partial charge is 0.311 e. The fourth-order valence-corrected chi connectivity index (χ4v) is 6.64. The summed E-state index contributed by atoms with van der Waals surface area (Å²) >= 11 is 6.98. The lowest BCUT2D eigenvalue weighted by atomic mass is 10.0. The van der Waals surface area contributed by atoms with Crippen LogP contribution in [0.3, 0.4) is 0 Å². The van der Waals surface area contributed by atoms with Crippen LogP contribution in [0.2, 0.25) is 5.15 Å². The van der Waals surface area contributed by atoms with Crippen LogP contribution in [-0.4, -0.2) is 36.5 Å². The van der Waals surface area contributed by atoms with E-state index in [2.05, 4.69) is 9.71 Å². The molecular weight excluding hydrogens is 496 g/mol. The Morgan fingerprint density at radius 2 is 1.79 bits per heavy atom. The van der Waals surface area contributed by atoms with Gasteiger partial charge in [0.1, 0.15) is 15.4 Å². The van der Waals surface area contributed by atoms with E-state index < -0.39 is 16.1 Å². The SMILES string of the molecule is O=C1C(NS(=O)(=O)c2cc3nc(Cl)ccc3s2)CCCN1c1ccc(-n2ccccc2=O)cc1. The van der Waals surface area contributed by atoms with Crippen molar-refractivity contribution in [3.63, 3.8) is 0 Å². The second-order valence-electron chi connectivity index (χ2n) is 7.81. The zero-order chi connectivity index (χ0) is 23.9. The van der Waals surface area contributed by atoms with E-state index in [9.17, 15) is 18.0 Å². The van der Waals surface area contributed by atoms with Crippen LogP contribution in [0.25, 0.3) is 15.9 Å². The second kappa shape index (κ2) is 8.95. The van der Waals surface area contributed by atoms with E-state index in [1.165, 1.54) is 16.7 Å². The Kier molecular flexibility index (Phi) is 5.98. The molecule has 4 heterocycles. The number of thiophene rings is 1. The summed E-state index contributed by atoms with van der Waals surface area (Å²) in [6.45, 7) is 0.479. The highest BCUT2D eigenvalue weighted by Gasteiger charge is 2.33. The van der Waals surface area contributed by atoms with Gasteiger partial charge in [-0.3, -0.25) is 14.2 Å². The Hall–Kier alpha value is -3.05. The van der Waals surface area contributed by atoms with Crippen molar-refractivity contribution in [3.8, 4) is 5.69 Å². The molecule has 1 aliphatic heterocycles. The quantitative estimate of drug-likeness (QED) is 0.410. The standard InChI is InChI=1S/C23H19ClN4O4S2/c24-20-11-10-19-18(25-20)14-22(33-19)34(31,32)26-17-4-3-13-28(23(17)30)16-8-6-15(7-9-16)27-12-2-1-5-21(27)29/h1-2,5-12,14,17,26H,3-4,13H2. The third-order valence-electron chi connectivity index (χ3n) is 5.58. The van der Waals surface area contributed by atoms with Gasteiger partial charge in [0.15, 0.2) is 0 Å². The maximum atomic E-state index is 13.2. The Bertz CT molecular complexity index is 1550. The lowest BCUT2D eigenvalue weighted by Crippen LogP contribution is -2.52. The number of amides is 1. The van der Waals surface area contributed by atoms with Crippen LogP contribution in [0.1, 0.15) is 12.8 Å². The first kappa shape index (κ1) is 22.7. The monoisotopic (exact) mass is 514 g/mol. The Balaban J connectivity index is 1.36. The van der Waals surface area contributed by atoms with Crippen molar-refractivity contribution in [2.75, 3.05) is 11.4 Å². The molecule has 174 valence electrons. The number of sulfonamides is 1. The normalized spacial score (nSPS) is 16.8. The number of hydrogen-bond donors (Lipinski definition) is 1. The fraction of sp³-hybridized carbons (Fsp3) is 0.174. The van der Waals surface area contributed by atoms with Gasteiger partial charge in [0.2, 0.25) is 5.91 Å². The third kappa shape index (κ3) is 4.37. The Morgan fingerprint density at radius 1 is 1.03 bits per heavy atom. The number of hydrogen-bond acceptors (Lipinski definition) is 6. The highest BCUT2D eigenvalue weighted by atomic mass is 35.5. The van der Waals surface area contributed by atoms with Crippen molar-refractivity contribution < 1.29 is 13.2 Å². The van der Waals surface area contributed by atoms with Crippen molar-refractivity contribution in [2.24, 2.45) is 0 Å². The van der Waals surface area contributed by atoms with Gasteiger partial charge < -0.3 is 4.90 Å². The van der Waals surface area contributed by atoms with Crippen LogP contribution in [-0.2, 0) is 14.8 Å². The summed E-state index contributed by atoms with van der Waals surface area (Å²) in [5.74, 6) is -0.318. The Morgan fingerprint density at radius 3 is 2.56 bits per heavy atom. The molecule has 8 nitrogen and oxygen atoms in total. The molecule has 1 unspecified atom stereocenters. The smallest absolute Gasteiger partial charge is 0.255 e. The van der Waals surface area contributed by atoms with Gasteiger partial charge in [-0.1, -0.05) is 17.7 Å². The molecule has 1 aromatic carbocycles. The van der Waals surface area contributed by atoms with E-state index in [4.69, 9.17) is 11.6 Å². The minimum atomic E-state index is -3.92. The van der Waals surface area contributed by atoms with Crippen molar-refractivity contribution in [3.05, 3.63) is 82.4 Å². The van der Waals surface area contributed by atoms with Gasteiger partial charge in [-0.25, -0.2) is 13.4 Å². The van der Waals surface area contributed by atoms with Crippen LogP contribution < -0.4 is 15.2 Å². The van der Waals surface area contributed by atoms with Gasteiger partial charge in [0.05, 0.1) is 10.2 Å². The Labute approximate surface area is 204 Å². The van der Waals surface area contributed by atoms with Crippen LogP contribution in [0, 0.1) is 0 Å². The minimum Gasteiger partial charge on any atom is -0.311 e. The van der Waals surface area contributed by atoms with Gasteiger partial charge in [-0.2, -0.15) is 4.72 Å². The average molecular weight is 515 g/mol. The zero-order valence-corrected chi connectivity index (χ0v) is 20.1. The van der Waals surface area contributed by atoms with E-state index in [-0.39, 0.29) is 20.8 Å². The number of aromatic nitrogens is 2. The number of carbonyl (C=O) groups excluding carboxylic acids is 1. The van der Waals surface area contributed by atoms with E-state index in [0.717, 1.165) is 11.3 Å². The molecule has 1 fully saturated rings. The van der Waals surface area contributed by atoms with Gasteiger partial charge in [-0.15, -0.1) is 11.3 Å². The van der Waals surface area contributed by atoms with Crippen LogP contribution in [0.15, 0.2) is 75.9 Å². The van der Waals surface area contributed by atoms with Crippen molar-refractivity contribution in [1.29, 1.82) is 0 Å². The number of nitrogens with one attached hydrogen (secondary N) is 1. The molecule has 0 bridgehead atoms. The summed E-state index contributed by atoms with van der Waals surface area (Å²) in [6.07, 6.45) is 2.72. The number of piperidine rings is 1. The number of halogens is 1. The highest BCUT2D eigenvalue weighted by molar-refractivity contribution is 7.91. The number of pyridine rings is 2. The first-order valence-corrected chi connectivity index (χ1v) is 13.2. The molecule has 1 atom stereocenters. The molecule has 0 saturated carbocycles. The molecule has 34 heavy (non-hydrogen) atoms. The van der Waals surface area contributed by atoms with Crippen molar-refractivity contribution in [2.45, 2.75) is 23.1 Å². The maximum Gasteiger partial charge on any atom is 0.255 e. The second-order valence-corrected chi connectivity index (χ2v) is 11.2. The van der Waals surface area contributed by atoms with Gasteiger partial charge >= 0.3 is 0 Å². The first-order chi connectivity index (χ1) is 16.3. The summed E-state index contributed by atoms with van der Waals surface area (Å²) < 4.78 is 30.9. The van der Waals surface area contributed by atoms with Crippen LogP contribution in [0.4, 0.5) is 5.69 Å². The summed E-state index contributed by atoms with van der Waals surface area (Å²) in [7, 11) is -3.92. The molecule has 5 rings (SSSR count). The summed E-state index contributed by atoms with van der Waals surface area (Å²) in [5, 5.41) is 0.281. The molecule has 1 aliphatic rings. The molecule has 0 aliphatic carbocycles. The van der Waals surface area contributed by atoms with E-state index in [1.54, 1.807) is 59.6 Å². The maximum absolute atomic E-state index is 13.2. The van der Waals surface area contributed by atoms with Gasteiger partial charge in [0, 0.05) is 30.2 Å². The zero-order valence-electron chi connectivity index (χ0n) is 17.7. The van der Waals surface area contributed by atoms with Crippen molar-refractivity contribution >= 4 is 54.8 Å². The first-order valence-electron chi connectivity index (χ1n) is 10.5. The molecule has 3 aromatic heterocycles. The van der Waals surface area contributed by atoms with Crippen LogP contribution in [0.5, 0.6) is 0 Å². The number of anilines is 1. The van der Waals surface area contributed by atoms with Crippen LogP contribution >= 0.6 is 22.9 Å². The number of nitrogens with zero attached hydrogens (tertiary/aromatic N) is 3. The predicted octanol–water partition coefficient (Wildman–Crippen LogP) is 3.57. The minimum absolute atomic E-state index is 0.0832. The fourth-order valence-electron chi connectivity index (χ4n) is 3.93. The lowest BCUT2D eigenvalue weighted by Gasteiger charge is -2.32. The highest BCUT2D eigenvalue weighted by Crippen LogP contribution is 2.30. The van der Waals surface area contributed by atoms with Gasteiger partial charge in [-0.05, 0) is 61.4 Å². The van der Waals surface area contributed by atoms with Gasteiger partial charge in [0.25, 0.3) is 15.6 Å². The number of carbonyl (C=O) groups is 1. The molecule has 1 saturated heterocycles. The predicted molar refractivity (Wildman–Crippen MR) is 132 cm³/mol. The summed E-state index contributed by atoms with van der Waals surface area (Å²) in [4.78, 5) is 30.9. The number of benzene rings is 1.